The molecule has 0 saturated carbocycles. The van der Waals surface area contributed by atoms with Crippen LogP contribution in [0.4, 0.5) is 0 Å². The predicted molar refractivity (Wildman–Crippen MR) is 248 cm³/mol. The van der Waals surface area contributed by atoms with Crippen LogP contribution in [0, 0.1) is 0 Å². The molecule has 12 aromatic carbocycles. The van der Waals surface area contributed by atoms with Gasteiger partial charge in [-0.15, -0.1) is 0 Å². The van der Waals surface area contributed by atoms with Crippen molar-refractivity contribution in [3.8, 4) is 77.9 Å². The van der Waals surface area contributed by atoms with E-state index in [1.807, 2.05) is 0 Å². The third-order valence-electron chi connectivity index (χ3n) is 13.5. The molecule has 0 atom stereocenters. The van der Waals surface area contributed by atoms with Gasteiger partial charge in [-0.1, -0.05) is 194 Å². The van der Waals surface area contributed by atoms with Crippen LogP contribution in [0.1, 0.15) is 0 Å². The molecule has 0 heteroatoms. The lowest BCUT2D eigenvalue weighted by molar-refractivity contribution is 1.59. The van der Waals surface area contributed by atoms with Crippen molar-refractivity contribution < 1.29 is 0 Å². The van der Waals surface area contributed by atoms with Gasteiger partial charge >= 0.3 is 0 Å². The largest absolute Gasteiger partial charge is 0.0622 e. The molecule has 0 radical (unpaired) electrons. The van der Waals surface area contributed by atoms with Gasteiger partial charge < -0.3 is 0 Å². The Labute approximate surface area is 335 Å². The van der Waals surface area contributed by atoms with Crippen LogP contribution in [-0.2, 0) is 0 Å². The van der Waals surface area contributed by atoms with Crippen LogP contribution in [0.5, 0.6) is 0 Å². The highest BCUT2D eigenvalue weighted by Gasteiger charge is 2.33. The molecular weight excluding hydrogens is 697 g/mol. The molecule has 0 bridgehead atoms. The van der Waals surface area contributed by atoms with E-state index in [4.69, 9.17) is 0 Å². The molecule has 0 amide bonds. The summed E-state index contributed by atoms with van der Waals surface area (Å²) >= 11 is 0. The van der Waals surface area contributed by atoms with Crippen LogP contribution in [0.25, 0.3) is 143 Å². The van der Waals surface area contributed by atoms with Crippen LogP contribution in [0.2, 0.25) is 0 Å². The Bertz CT molecular complexity index is 3740. The van der Waals surface area contributed by atoms with Crippen LogP contribution >= 0.6 is 0 Å². The summed E-state index contributed by atoms with van der Waals surface area (Å²) in [6.07, 6.45) is 0. The first-order valence-electron chi connectivity index (χ1n) is 20.4. The van der Waals surface area contributed by atoms with Gasteiger partial charge in [0.1, 0.15) is 0 Å². The minimum absolute atomic E-state index is 1.23. The first-order valence-corrected chi connectivity index (χ1v) is 20.4. The number of hydrogen-bond acceptors (Lipinski definition) is 0. The van der Waals surface area contributed by atoms with Crippen molar-refractivity contribution >= 4 is 64.6 Å². The maximum Gasteiger partial charge on any atom is -0.000718 e. The molecule has 2 aliphatic carbocycles. The smallest absolute Gasteiger partial charge is 0.000718 e. The maximum atomic E-state index is 2.45. The predicted octanol–water partition coefficient (Wildman–Crippen LogP) is 16.3. The quantitative estimate of drug-likeness (QED) is 0.126. The molecular formula is C58H32. The molecule has 0 aliphatic heterocycles. The summed E-state index contributed by atoms with van der Waals surface area (Å²) in [5, 5.41) is 16.0. The van der Waals surface area contributed by atoms with E-state index in [0.717, 1.165) is 0 Å². The Kier molecular flexibility index (Phi) is 5.85. The molecule has 0 heterocycles. The van der Waals surface area contributed by atoms with Crippen molar-refractivity contribution in [2.24, 2.45) is 0 Å². The van der Waals surface area contributed by atoms with Gasteiger partial charge in [-0.2, -0.15) is 0 Å². The van der Waals surface area contributed by atoms with Crippen LogP contribution in [0.15, 0.2) is 194 Å². The second-order valence-corrected chi connectivity index (χ2v) is 16.2. The third kappa shape index (κ3) is 3.76. The second kappa shape index (κ2) is 11.1. The van der Waals surface area contributed by atoms with Crippen LogP contribution in [-0.4, -0.2) is 0 Å². The number of fused-ring (bicyclic) bond motifs is 11. The van der Waals surface area contributed by atoms with E-state index in [2.05, 4.69) is 194 Å². The van der Waals surface area contributed by atoms with Crippen molar-refractivity contribution in [1.29, 1.82) is 0 Å². The lowest BCUT2D eigenvalue weighted by atomic mass is 9.81. The van der Waals surface area contributed by atoms with Crippen molar-refractivity contribution in [2.45, 2.75) is 0 Å². The van der Waals surface area contributed by atoms with E-state index in [1.165, 1.54) is 143 Å². The third-order valence-corrected chi connectivity index (χ3v) is 13.5. The summed E-state index contributed by atoms with van der Waals surface area (Å²) in [5.74, 6) is 0. The first kappa shape index (κ1) is 30.7. The SMILES string of the molecule is c1ccc(-c2ccccc2-c2c3c(c(-c4ccccc4)c4ccccc24)-c2ccc4c5ccc6c7c(ccc(c8ccc-3c2c84)c75)-c2ccc3ccccc3c2-6)cc1. The molecule has 2 aliphatic rings. The van der Waals surface area contributed by atoms with E-state index in [0.29, 0.717) is 0 Å². The lowest BCUT2D eigenvalue weighted by Gasteiger charge is -2.22. The molecule has 58 heavy (non-hydrogen) atoms. The summed E-state index contributed by atoms with van der Waals surface area (Å²) in [7, 11) is 0. The summed E-state index contributed by atoms with van der Waals surface area (Å²) in [6, 6.07) is 73.0. The Balaban J connectivity index is 1.14. The Morgan fingerprint density at radius 2 is 0.621 bits per heavy atom. The average molecular weight is 729 g/mol. The van der Waals surface area contributed by atoms with Gasteiger partial charge in [-0.3, -0.25) is 0 Å². The number of hydrogen-bond donors (Lipinski definition) is 0. The molecule has 0 unspecified atom stereocenters. The Morgan fingerprint density at radius 1 is 0.172 bits per heavy atom. The lowest BCUT2D eigenvalue weighted by Crippen LogP contribution is -1.95. The summed E-state index contributed by atoms with van der Waals surface area (Å²) in [5.41, 5.74) is 18.3. The highest BCUT2D eigenvalue weighted by molar-refractivity contribution is 6.41. The Morgan fingerprint density at radius 3 is 1.28 bits per heavy atom. The molecule has 0 spiro atoms. The first-order chi connectivity index (χ1) is 28.8. The van der Waals surface area contributed by atoms with Crippen molar-refractivity contribution in [3.63, 3.8) is 0 Å². The normalized spacial score (nSPS) is 12.5. The molecule has 12 aromatic rings. The van der Waals surface area contributed by atoms with Gasteiger partial charge in [0, 0.05) is 0 Å². The molecule has 264 valence electrons. The topological polar surface area (TPSA) is 0 Å². The molecule has 0 N–H and O–H groups in total. The van der Waals surface area contributed by atoms with Crippen molar-refractivity contribution in [1.82, 2.24) is 0 Å². The monoisotopic (exact) mass is 728 g/mol. The molecule has 0 nitrogen and oxygen atoms in total. The zero-order valence-electron chi connectivity index (χ0n) is 31.5. The van der Waals surface area contributed by atoms with Gasteiger partial charge in [-0.05, 0) is 143 Å². The highest BCUT2D eigenvalue weighted by atomic mass is 14.4. The van der Waals surface area contributed by atoms with Gasteiger partial charge in [0.2, 0.25) is 0 Å². The average Bonchev–Trinajstić information content (AvgIpc) is 3.81. The van der Waals surface area contributed by atoms with Gasteiger partial charge in [-0.25, -0.2) is 0 Å². The van der Waals surface area contributed by atoms with Crippen LogP contribution in [0.3, 0.4) is 0 Å². The second-order valence-electron chi connectivity index (χ2n) is 16.2. The maximum absolute atomic E-state index is 2.45. The number of rotatable bonds is 3. The fourth-order valence-corrected chi connectivity index (χ4v) is 11.3. The minimum Gasteiger partial charge on any atom is -0.0622 e. The standard InChI is InChI=1S/C58H32/c1-3-13-33(14-4-1)36-18-9-10-20-38(36)54-40-22-12-11-21-39(40)50(35-16-5-2-6-17-35)57-48-31-28-46-44-27-30-47-51-37-19-8-7-15-34(37)23-24-41(51)42-25-26-43(52(44)55(42)47)45-29-32-49(58(54)57)56(48)53(45)46/h1-32H. The fraction of sp³-hybridized carbons (Fsp3) is 0. The van der Waals surface area contributed by atoms with E-state index in [1.54, 1.807) is 0 Å². The van der Waals surface area contributed by atoms with E-state index >= 15 is 0 Å². The minimum atomic E-state index is 1.23. The molecule has 0 aromatic heterocycles. The molecule has 14 rings (SSSR count). The van der Waals surface area contributed by atoms with Gasteiger partial charge in [0.15, 0.2) is 0 Å². The van der Waals surface area contributed by atoms with Gasteiger partial charge in [0.25, 0.3) is 0 Å². The van der Waals surface area contributed by atoms with Crippen molar-refractivity contribution in [2.75, 3.05) is 0 Å². The summed E-state index contributed by atoms with van der Waals surface area (Å²) in [4.78, 5) is 0. The van der Waals surface area contributed by atoms with Gasteiger partial charge in [0.05, 0.1) is 0 Å². The van der Waals surface area contributed by atoms with Crippen LogP contribution < -0.4 is 0 Å². The van der Waals surface area contributed by atoms with Crippen molar-refractivity contribution in [3.05, 3.63) is 194 Å². The Hall–Kier alpha value is -7.54. The zero-order chi connectivity index (χ0) is 37.6. The summed E-state index contributed by atoms with van der Waals surface area (Å²) < 4.78 is 0. The molecule has 0 saturated heterocycles. The zero-order valence-corrected chi connectivity index (χ0v) is 31.5. The van der Waals surface area contributed by atoms with E-state index in [-0.39, 0.29) is 0 Å². The number of benzene rings is 12. The summed E-state index contributed by atoms with van der Waals surface area (Å²) in [6.45, 7) is 0. The fourth-order valence-electron chi connectivity index (χ4n) is 11.3. The van der Waals surface area contributed by atoms with E-state index < -0.39 is 0 Å². The highest BCUT2D eigenvalue weighted by Crippen LogP contribution is 2.61. The molecule has 0 fully saturated rings. The van der Waals surface area contributed by atoms with E-state index in [9.17, 15) is 0 Å².